The molecule has 2 nitrogen and oxygen atoms in total. The summed E-state index contributed by atoms with van der Waals surface area (Å²) < 4.78 is 5.63. The van der Waals surface area contributed by atoms with Crippen LogP contribution in [0.4, 0.5) is 0 Å². The highest BCUT2D eigenvalue weighted by Gasteiger charge is 2.01. The van der Waals surface area contributed by atoms with Gasteiger partial charge in [-0.25, -0.2) is 0 Å². The third-order valence-corrected chi connectivity index (χ3v) is 2.54. The van der Waals surface area contributed by atoms with Crippen LogP contribution >= 0.6 is 0 Å². The average molecular weight is 207 g/mol. The molecular weight excluding hydrogens is 186 g/mol. The molecule has 0 aromatic heterocycles. The lowest BCUT2D eigenvalue weighted by Gasteiger charge is -2.12. The van der Waals surface area contributed by atoms with Gasteiger partial charge in [0.1, 0.15) is 12.4 Å². The van der Waals surface area contributed by atoms with Crippen LogP contribution in [0.25, 0.3) is 0 Å². The maximum Gasteiger partial charge on any atom is 0.119 e. The van der Waals surface area contributed by atoms with Gasteiger partial charge in [-0.1, -0.05) is 26.0 Å². The van der Waals surface area contributed by atoms with Crippen molar-refractivity contribution in [2.75, 3.05) is 13.7 Å². The molecule has 84 valence electrons. The Balaban J connectivity index is 2.50. The van der Waals surface area contributed by atoms with Gasteiger partial charge in [0.2, 0.25) is 0 Å². The maximum absolute atomic E-state index is 5.63. The van der Waals surface area contributed by atoms with E-state index in [-0.39, 0.29) is 0 Å². The topological polar surface area (TPSA) is 21.3 Å². The normalized spacial score (nSPS) is 12.9. The maximum atomic E-state index is 5.63. The minimum atomic E-state index is 0.384. The fourth-order valence-corrected chi connectivity index (χ4v) is 1.25. The molecule has 2 heteroatoms. The molecule has 0 aliphatic carbocycles. The van der Waals surface area contributed by atoms with Gasteiger partial charge >= 0.3 is 0 Å². The van der Waals surface area contributed by atoms with Gasteiger partial charge in [-0.15, -0.1) is 0 Å². The summed E-state index contributed by atoms with van der Waals surface area (Å²) >= 11 is 0. The van der Waals surface area contributed by atoms with Crippen molar-refractivity contribution in [3.8, 4) is 5.75 Å². The summed E-state index contributed by atoms with van der Waals surface area (Å²) in [6.07, 6.45) is 0. The molecule has 0 heterocycles. The number of benzene rings is 1. The van der Waals surface area contributed by atoms with Crippen LogP contribution < -0.4 is 10.1 Å². The van der Waals surface area contributed by atoms with E-state index in [1.165, 1.54) is 5.56 Å². The molecule has 0 bridgehead atoms. The molecule has 15 heavy (non-hydrogen) atoms. The summed E-state index contributed by atoms with van der Waals surface area (Å²) in [5.41, 5.74) is 1.35. The van der Waals surface area contributed by atoms with E-state index in [2.05, 4.69) is 38.2 Å². The minimum absolute atomic E-state index is 0.384. The van der Waals surface area contributed by atoms with Crippen molar-refractivity contribution in [1.29, 1.82) is 0 Å². The van der Waals surface area contributed by atoms with Gasteiger partial charge < -0.3 is 10.1 Å². The lowest BCUT2D eigenvalue weighted by atomic mass is 10.0. The Morgan fingerprint density at radius 3 is 2.20 bits per heavy atom. The molecule has 1 N–H and O–H groups in total. The van der Waals surface area contributed by atoms with Crippen molar-refractivity contribution in [2.24, 2.45) is 0 Å². The largest absolute Gasteiger partial charge is 0.492 e. The molecule has 0 saturated carbocycles. The predicted octanol–water partition coefficient (Wildman–Crippen LogP) is 2.80. The summed E-state index contributed by atoms with van der Waals surface area (Å²) in [5, 5.41) is 3.14. The van der Waals surface area contributed by atoms with Crippen LogP contribution in [0.15, 0.2) is 24.3 Å². The first-order valence-corrected chi connectivity index (χ1v) is 5.53. The lowest BCUT2D eigenvalue weighted by Crippen LogP contribution is -2.28. The van der Waals surface area contributed by atoms with Crippen LogP contribution in [0, 0.1) is 0 Å². The van der Waals surface area contributed by atoms with Gasteiger partial charge in [0, 0.05) is 6.04 Å². The van der Waals surface area contributed by atoms with E-state index in [1.807, 2.05) is 19.2 Å². The molecule has 0 spiro atoms. The smallest absolute Gasteiger partial charge is 0.119 e. The zero-order chi connectivity index (χ0) is 11.3. The number of rotatable bonds is 5. The van der Waals surface area contributed by atoms with Crippen LogP contribution in [0.3, 0.4) is 0 Å². The van der Waals surface area contributed by atoms with Crippen molar-refractivity contribution in [3.63, 3.8) is 0 Å². The molecule has 0 radical (unpaired) electrons. The Morgan fingerprint density at radius 2 is 1.73 bits per heavy atom. The third kappa shape index (κ3) is 3.92. The second-order valence-corrected chi connectivity index (χ2v) is 4.22. The van der Waals surface area contributed by atoms with Crippen molar-refractivity contribution in [1.82, 2.24) is 5.32 Å². The molecule has 0 saturated heterocycles. The second kappa shape index (κ2) is 5.76. The van der Waals surface area contributed by atoms with E-state index in [1.54, 1.807) is 0 Å². The number of nitrogens with one attached hydrogen (secondary N) is 1. The molecule has 0 fully saturated rings. The summed E-state index contributed by atoms with van der Waals surface area (Å²) in [6, 6.07) is 8.72. The van der Waals surface area contributed by atoms with Gasteiger partial charge in [0.25, 0.3) is 0 Å². The van der Waals surface area contributed by atoms with Crippen LogP contribution in [0.5, 0.6) is 5.75 Å². The highest BCUT2D eigenvalue weighted by atomic mass is 16.5. The van der Waals surface area contributed by atoms with Crippen LogP contribution in [0.1, 0.15) is 32.3 Å². The van der Waals surface area contributed by atoms with E-state index in [0.717, 1.165) is 5.75 Å². The third-order valence-electron chi connectivity index (χ3n) is 2.54. The molecule has 0 aliphatic heterocycles. The van der Waals surface area contributed by atoms with Gasteiger partial charge in [-0.3, -0.25) is 0 Å². The van der Waals surface area contributed by atoms with Gasteiger partial charge in [-0.05, 0) is 37.6 Å². The number of hydrogen-bond acceptors (Lipinski definition) is 2. The van der Waals surface area contributed by atoms with Gasteiger partial charge in [0.05, 0.1) is 0 Å². The summed E-state index contributed by atoms with van der Waals surface area (Å²) in [5.74, 6) is 1.52. The Kier molecular flexibility index (Phi) is 4.63. The fraction of sp³-hybridized carbons (Fsp3) is 0.538. The van der Waals surface area contributed by atoms with Gasteiger partial charge in [-0.2, -0.15) is 0 Å². The number of ether oxygens (including phenoxy) is 1. The molecule has 1 aromatic rings. The van der Waals surface area contributed by atoms with E-state index >= 15 is 0 Å². The first-order chi connectivity index (χ1) is 7.13. The number of hydrogen-bond donors (Lipinski definition) is 1. The van der Waals surface area contributed by atoms with E-state index in [9.17, 15) is 0 Å². The standard InChI is InChI=1S/C13H21NO/c1-10(2)12-5-7-13(8-6-12)15-9-11(3)14-4/h5-8,10-11,14H,9H2,1-4H3/t11-/m1/s1. The Morgan fingerprint density at radius 1 is 1.13 bits per heavy atom. The highest BCUT2D eigenvalue weighted by Crippen LogP contribution is 2.18. The molecule has 1 aromatic carbocycles. The van der Waals surface area contributed by atoms with E-state index < -0.39 is 0 Å². The molecule has 1 atom stereocenters. The van der Waals surface area contributed by atoms with Crippen LogP contribution in [0.2, 0.25) is 0 Å². The molecule has 0 unspecified atom stereocenters. The van der Waals surface area contributed by atoms with Gasteiger partial charge in [0.15, 0.2) is 0 Å². The molecule has 0 amide bonds. The van der Waals surface area contributed by atoms with E-state index in [4.69, 9.17) is 4.74 Å². The summed E-state index contributed by atoms with van der Waals surface area (Å²) in [4.78, 5) is 0. The monoisotopic (exact) mass is 207 g/mol. The van der Waals surface area contributed by atoms with Crippen molar-refractivity contribution in [3.05, 3.63) is 29.8 Å². The number of likely N-dealkylation sites (N-methyl/N-ethyl adjacent to an activating group) is 1. The quantitative estimate of drug-likeness (QED) is 0.801. The summed E-state index contributed by atoms with van der Waals surface area (Å²) in [7, 11) is 1.94. The lowest BCUT2D eigenvalue weighted by molar-refractivity contribution is 0.280. The van der Waals surface area contributed by atoms with Crippen molar-refractivity contribution in [2.45, 2.75) is 32.7 Å². The SMILES string of the molecule is CN[C@H](C)COc1ccc(C(C)C)cc1. The fourth-order valence-electron chi connectivity index (χ4n) is 1.25. The molecule has 1 rings (SSSR count). The zero-order valence-corrected chi connectivity index (χ0v) is 10.1. The van der Waals surface area contributed by atoms with Crippen LogP contribution in [-0.4, -0.2) is 19.7 Å². The molecule has 0 aliphatic rings. The first kappa shape index (κ1) is 12.1. The zero-order valence-electron chi connectivity index (χ0n) is 10.1. The minimum Gasteiger partial charge on any atom is -0.492 e. The Hall–Kier alpha value is -1.02. The van der Waals surface area contributed by atoms with E-state index in [0.29, 0.717) is 18.6 Å². The second-order valence-electron chi connectivity index (χ2n) is 4.22. The Bertz CT molecular complexity index is 279. The van der Waals surface area contributed by atoms with Crippen molar-refractivity contribution < 1.29 is 4.74 Å². The average Bonchev–Trinajstić information content (AvgIpc) is 2.26. The van der Waals surface area contributed by atoms with Crippen LogP contribution in [-0.2, 0) is 0 Å². The summed E-state index contributed by atoms with van der Waals surface area (Å²) in [6.45, 7) is 7.19. The molecular formula is C13H21NO. The van der Waals surface area contributed by atoms with Crippen molar-refractivity contribution >= 4 is 0 Å². The Labute approximate surface area is 92.6 Å². The highest BCUT2D eigenvalue weighted by molar-refractivity contribution is 5.28. The predicted molar refractivity (Wildman–Crippen MR) is 64.5 cm³/mol. The first-order valence-electron chi connectivity index (χ1n) is 5.53.